The van der Waals surface area contributed by atoms with E-state index in [1.165, 1.54) is 40.8 Å². The summed E-state index contributed by atoms with van der Waals surface area (Å²) in [5.41, 5.74) is 0. The molecule has 0 saturated carbocycles. The van der Waals surface area contributed by atoms with Crippen molar-refractivity contribution in [1.82, 2.24) is 0 Å². The Kier molecular flexibility index (Phi) is 7.32. The van der Waals surface area contributed by atoms with Gasteiger partial charge in [0.1, 0.15) is 0 Å². The minimum atomic E-state index is 0.768. The number of hydrogen-bond donors (Lipinski definition) is 0. The van der Waals surface area contributed by atoms with Crippen LogP contribution in [0.15, 0.2) is 15.9 Å². The Bertz CT molecular complexity index is 260. The standard InChI is InChI=1S/C12H19BrOS/c1-2-3-4-5-6-9-14-10-11-7-8-12(13)15-11/h7-8H,2-6,9-10H2,1H3. The van der Waals surface area contributed by atoms with Crippen LogP contribution in [0.2, 0.25) is 0 Å². The summed E-state index contributed by atoms with van der Waals surface area (Å²) >= 11 is 5.20. The number of ether oxygens (including phenoxy) is 1. The highest BCUT2D eigenvalue weighted by Crippen LogP contribution is 2.22. The molecule has 0 spiro atoms. The Morgan fingerprint density at radius 1 is 1.20 bits per heavy atom. The van der Waals surface area contributed by atoms with Crippen molar-refractivity contribution in [3.8, 4) is 0 Å². The normalized spacial score (nSPS) is 10.8. The third-order valence-corrected chi connectivity index (χ3v) is 3.86. The monoisotopic (exact) mass is 290 g/mol. The van der Waals surface area contributed by atoms with E-state index in [9.17, 15) is 0 Å². The Labute approximate surface area is 105 Å². The summed E-state index contributed by atoms with van der Waals surface area (Å²) in [6, 6.07) is 4.19. The minimum absolute atomic E-state index is 0.768. The van der Waals surface area contributed by atoms with Gasteiger partial charge < -0.3 is 4.74 Å². The van der Waals surface area contributed by atoms with Gasteiger partial charge >= 0.3 is 0 Å². The van der Waals surface area contributed by atoms with Crippen molar-refractivity contribution in [3.05, 3.63) is 20.8 Å². The van der Waals surface area contributed by atoms with Crippen molar-refractivity contribution in [2.24, 2.45) is 0 Å². The molecule has 15 heavy (non-hydrogen) atoms. The number of halogens is 1. The average molecular weight is 291 g/mol. The first-order chi connectivity index (χ1) is 7.33. The molecule has 1 aromatic heterocycles. The molecule has 0 saturated heterocycles. The van der Waals surface area contributed by atoms with Crippen LogP contribution >= 0.6 is 27.3 Å². The van der Waals surface area contributed by atoms with Crippen LogP contribution in [0.1, 0.15) is 43.9 Å². The third-order valence-electron chi connectivity index (χ3n) is 2.27. The second-order valence-electron chi connectivity index (χ2n) is 3.67. The first-order valence-electron chi connectivity index (χ1n) is 5.65. The van der Waals surface area contributed by atoms with E-state index in [0.717, 1.165) is 13.2 Å². The van der Waals surface area contributed by atoms with E-state index >= 15 is 0 Å². The Morgan fingerprint density at radius 3 is 2.67 bits per heavy atom. The van der Waals surface area contributed by atoms with Gasteiger partial charge in [-0.15, -0.1) is 11.3 Å². The molecular formula is C12H19BrOS. The van der Waals surface area contributed by atoms with Gasteiger partial charge in [-0.3, -0.25) is 0 Å². The molecule has 0 N–H and O–H groups in total. The van der Waals surface area contributed by atoms with Crippen molar-refractivity contribution in [2.45, 2.75) is 45.6 Å². The van der Waals surface area contributed by atoms with Gasteiger partial charge in [-0.2, -0.15) is 0 Å². The van der Waals surface area contributed by atoms with Crippen LogP contribution in [0.25, 0.3) is 0 Å². The van der Waals surface area contributed by atoms with Crippen molar-refractivity contribution in [3.63, 3.8) is 0 Å². The lowest BCUT2D eigenvalue weighted by molar-refractivity contribution is 0.119. The number of hydrogen-bond acceptors (Lipinski definition) is 2. The summed E-state index contributed by atoms with van der Waals surface area (Å²) in [6.07, 6.45) is 6.53. The molecule has 1 rings (SSSR count). The molecular weight excluding hydrogens is 272 g/mol. The summed E-state index contributed by atoms with van der Waals surface area (Å²) in [6.45, 7) is 3.91. The highest BCUT2D eigenvalue weighted by Gasteiger charge is 1.97. The molecule has 0 aromatic carbocycles. The van der Waals surface area contributed by atoms with Gasteiger partial charge in [0.15, 0.2) is 0 Å². The van der Waals surface area contributed by atoms with Crippen molar-refractivity contribution < 1.29 is 4.74 Å². The van der Waals surface area contributed by atoms with Crippen molar-refractivity contribution >= 4 is 27.3 Å². The lowest BCUT2D eigenvalue weighted by Gasteiger charge is -2.02. The van der Waals surface area contributed by atoms with E-state index in [1.807, 2.05) is 0 Å². The fourth-order valence-electron chi connectivity index (χ4n) is 1.41. The maximum absolute atomic E-state index is 5.60. The molecule has 0 unspecified atom stereocenters. The number of unbranched alkanes of at least 4 members (excludes halogenated alkanes) is 4. The van der Waals surface area contributed by atoms with Crippen LogP contribution in [0, 0.1) is 0 Å². The fourth-order valence-corrected chi connectivity index (χ4v) is 2.83. The summed E-state index contributed by atoms with van der Waals surface area (Å²) in [5.74, 6) is 0. The van der Waals surface area contributed by atoms with Crippen LogP contribution in [-0.4, -0.2) is 6.61 Å². The van der Waals surface area contributed by atoms with E-state index in [4.69, 9.17) is 4.74 Å². The van der Waals surface area contributed by atoms with E-state index in [-0.39, 0.29) is 0 Å². The van der Waals surface area contributed by atoms with Crippen LogP contribution in [0.5, 0.6) is 0 Å². The Balaban J connectivity index is 1.93. The van der Waals surface area contributed by atoms with E-state index in [2.05, 4.69) is 35.0 Å². The molecule has 86 valence electrons. The Morgan fingerprint density at radius 2 is 2.00 bits per heavy atom. The van der Waals surface area contributed by atoms with E-state index in [1.54, 1.807) is 11.3 Å². The van der Waals surface area contributed by atoms with E-state index < -0.39 is 0 Å². The summed E-state index contributed by atoms with van der Waals surface area (Å²) < 4.78 is 6.79. The molecule has 0 bridgehead atoms. The molecule has 1 aromatic rings. The van der Waals surface area contributed by atoms with Crippen LogP contribution < -0.4 is 0 Å². The maximum Gasteiger partial charge on any atom is 0.0809 e. The minimum Gasteiger partial charge on any atom is -0.376 e. The molecule has 3 heteroatoms. The zero-order valence-corrected chi connectivity index (χ0v) is 11.7. The molecule has 0 aliphatic heterocycles. The fraction of sp³-hybridized carbons (Fsp3) is 0.667. The number of rotatable bonds is 8. The zero-order valence-electron chi connectivity index (χ0n) is 9.30. The first-order valence-corrected chi connectivity index (χ1v) is 7.26. The van der Waals surface area contributed by atoms with Crippen LogP contribution in [-0.2, 0) is 11.3 Å². The highest BCUT2D eigenvalue weighted by molar-refractivity contribution is 9.11. The molecule has 0 radical (unpaired) electrons. The Hall–Kier alpha value is 0.140. The molecule has 1 heterocycles. The summed E-state index contributed by atoms with van der Waals surface area (Å²) in [7, 11) is 0. The largest absolute Gasteiger partial charge is 0.376 e. The van der Waals surface area contributed by atoms with Crippen LogP contribution in [0.4, 0.5) is 0 Å². The number of thiophene rings is 1. The second-order valence-corrected chi connectivity index (χ2v) is 6.22. The van der Waals surface area contributed by atoms with Gasteiger partial charge in [0, 0.05) is 11.5 Å². The third kappa shape index (κ3) is 6.33. The average Bonchev–Trinajstić information content (AvgIpc) is 2.63. The molecule has 0 fully saturated rings. The van der Waals surface area contributed by atoms with Gasteiger partial charge in [0.25, 0.3) is 0 Å². The van der Waals surface area contributed by atoms with Crippen LogP contribution in [0.3, 0.4) is 0 Å². The summed E-state index contributed by atoms with van der Waals surface area (Å²) in [4.78, 5) is 1.30. The summed E-state index contributed by atoms with van der Waals surface area (Å²) in [5, 5.41) is 0. The molecule has 0 aliphatic rings. The molecule has 0 amide bonds. The van der Waals surface area contributed by atoms with E-state index in [0.29, 0.717) is 0 Å². The predicted octanol–water partition coefficient (Wildman–Crippen LogP) is 5.00. The quantitative estimate of drug-likeness (QED) is 0.613. The van der Waals surface area contributed by atoms with Gasteiger partial charge in [-0.05, 0) is 34.5 Å². The SMILES string of the molecule is CCCCCCCOCc1ccc(Br)s1. The van der Waals surface area contributed by atoms with Crippen molar-refractivity contribution in [1.29, 1.82) is 0 Å². The van der Waals surface area contributed by atoms with Crippen molar-refractivity contribution in [2.75, 3.05) is 6.61 Å². The van der Waals surface area contributed by atoms with Gasteiger partial charge in [-0.25, -0.2) is 0 Å². The second kappa shape index (κ2) is 8.31. The lowest BCUT2D eigenvalue weighted by Crippen LogP contribution is -1.93. The molecule has 1 nitrogen and oxygen atoms in total. The lowest BCUT2D eigenvalue weighted by atomic mass is 10.2. The molecule has 0 aliphatic carbocycles. The zero-order chi connectivity index (χ0) is 10.9. The van der Waals surface area contributed by atoms with Gasteiger partial charge in [0.05, 0.1) is 10.4 Å². The topological polar surface area (TPSA) is 9.23 Å². The highest BCUT2D eigenvalue weighted by atomic mass is 79.9. The maximum atomic E-state index is 5.60. The first kappa shape index (κ1) is 13.2. The predicted molar refractivity (Wildman–Crippen MR) is 70.4 cm³/mol. The van der Waals surface area contributed by atoms with Gasteiger partial charge in [-0.1, -0.05) is 32.6 Å². The smallest absolute Gasteiger partial charge is 0.0809 e. The van der Waals surface area contributed by atoms with Gasteiger partial charge in [0.2, 0.25) is 0 Å². The molecule has 0 atom stereocenters.